The van der Waals surface area contributed by atoms with Gasteiger partial charge in [-0.2, -0.15) is 9.36 Å². The number of aromatic nitrogens is 2. The van der Waals surface area contributed by atoms with Gasteiger partial charge in [-0.15, -0.1) is 11.3 Å². The molecule has 74 valence electrons. The first kappa shape index (κ1) is 8.82. The van der Waals surface area contributed by atoms with Crippen LogP contribution in [0.15, 0.2) is 30.3 Å². The van der Waals surface area contributed by atoms with Crippen LogP contribution in [0.1, 0.15) is 0 Å². The second-order valence-electron chi connectivity index (χ2n) is 3.11. The van der Waals surface area contributed by atoms with Crippen LogP contribution in [0.4, 0.5) is 5.95 Å². The Morgan fingerprint density at radius 3 is 2.80 bits per heavy atom. The van der Waals surface area contributed by atoms with Crippen molar-refractivity contribution in [2.45, 2.75) is 0 Å². The van der Waals surface area contributed by atoms with E-state index in [9.17, 15) is 0 Å². The molecule has 0 saturated heterocycles. The Hall–Kier alpha value is -1.46. The minimum Gasteiger partial charge on any atom is -0.367 e. The second-order valence-corrected chi connectivity index (χ2v) is 4.94. The smallest absolute Gasteiger partial charge is 0.232 e. The van der Waals surface area contributed by atoms with Gasteiger partial charge < -0.3 is 5.73 Å². The molecule has 0 amide bonds. The Morgan fingerprint density at radius 1 is 1.20 bits per heavy atom. The molecular weight excluding hydrogens is 226 g/mol. The van der Waals surface area contributed by atoms with E-state index in [-0.39, 0.29) is 0 Å². The van der Waals surface area contributed by atoms with E-state index in [2.05, 4.69) is 27.6 Å². The van der Waals surface area contributed by atoms with Crippen molar-refractivity contribution in [1.82, 2.24) is 9.36 Å². The number of anilines is 1. The van der Waals surface area contributed by atoms with E-state index in [4.69, 9.17) is 5.73 Å². The number of nitrogens with zero attached hydrogens (tertiary/aromatic N) is 2. The highest BCUT2D eigenvalue weighted by atomic mass is 32.1. The van der Waals surface area contributed by atoms with Crippen LogP contribution in [0.2, 0.25) is 0 Å². The fourth-order valence-electron chi connectivity index (χ4n) is 1.42. The van der Waals surface area contributed by atoms with Crippen molar-refractivity contribution >= 4 is 38.9 Å². The van der Waals surface area contributed by atoms with Crippen LogP contribution in [0.25, 0.3) is 20.0 Å². The lowest BCUT2D eigenvalue weighted by molar-refractivity contribution is 1.35. The fraction of sp³-hybridized carbons (Fsp3) is 0. The zero-order valence-electron chi connectivity index (χ0n) is 7.68. The van der Waals surface area contributed by atoms with E-state index in [0.717, 1.165) is 9.88 Å². The van der Waals surface area contributed by atoms with E-state index in [1.165, 1.54) is 21.6 Å². The fourth-order valence-corrected chi connectivity index (χ4v) is 3.11. The largest absolute Gasteiger partial charge is 0.367 e. The van der Waals surface area contributed by atoms with E-state index < -0.39 is 0 Å². The lowest BCUT2D eigenvalue weighted by Gasteiger charge is -1.83. The zero-order chi connectivity index (χ0) is 10.3. The molecule has 0 saturated carbocycles. The zero-order valence-corrected chi connectivity index (χ0v) is 9.31. The molecule has 5 heteroatoms. The van der Waals surface area contributed by atoms with Gasteiger partial charge in [0.15, 0.2) is 5.01 Å². The number of hydrogen-bond donors (Lipinski definition) is 1. The molecule has 0 aliphatic heterocycles. The molecule has 0 bridgehead atoms. The summed E-state index contributed by atoms with van der Waals surface area (Å²) < 4.78 is 5.24. The summed E-state index contributed by atoms with van der Waals surface area (Å²) in [6.07, 6.45) is 0. The summed E-state index contributed by atoms with van der Waals surface area (Å²) in [5, 5.41) is 2.14. The number of nitrogens with two attached hydrogens (primary N) is 1. The highest BCUT2D eigenvalue weighted by molar-refractivity contribution is 7.24. The quantitative estimate of drug-likeness (QED) is 0.703. The van der Waals surface area contributed by atoms with Gasteiger partial charge in [-0.05, 0) is 29.1 Å². The van der Waals surface area contributed by atoms with E-state index in [0.29, 0.717) is 5.95 Å². The highest BCUT2D eigenvalue weighted by Crippen LogP contribution is 2.34. The molecule has 15 heavy (non-hydrogen) atoms. The van der Waals surface area contributed by atoms with E-state index in [1.807, 2.05) is 12.1 Å². The van der Waals surface area contributed by atoms with Crippen molar-refractivity contribution in [3.63, 3.8) is 0 Å². The van der Waals surface area contributed by atoms with Crippen LogP contribution in [0.5, 0.6) is 0 Å². The van der Waals surface area contributed by atoms with E-state index in [1.54, 1.807) is 11.3 Å². The van der Waals surface area contributed by atoms with Gasteiger partial charge in [-0.1, -0.05) is 18.2 Å². The SMILES string of the molecule is Nc1nsc(-c2cc3ccccc3s2)n1. The molecule has 2 N–H and O–H groups in total. The molecule has 3 rings (SSSR count). The number of hydrogen-bond acceptors (Lipinski definition) is 5. The van der Waals surface area contributed by atoms with Crippen molar-refractivity contribution < 1.29 is 0 Å². The lowest BCUT2D eigenvalue weighted by Crippen LogP contribution is -1.84. The first-order valence-electron chi connectivity index (χ1n) is 4.41. The standard InChI is InChI=1S/C10H7N3S2/c11-10-12-9(15-13-10)8-5-6-3-1-2-4-7(6)14-8/h1-5H,(H2,11,13). The number of nitrogen functional groups attached to an aromatic ring is 1. The average molecular weight is 233 g/mol. The predicted molar refractivity (Wildman–Crippen MR) is 65.1 cm³/mol. The molecule has 2 heterocycles. The molecule has 2 aromatic heterocycles. The molecule has 0 fully saturated rings. The first-order chi connectivity index (χ1) is 7.33. The maximum atomic E-state index is 5.50. The van der Waals surface area contributed by atoms with Gasteiger partial charge in [0.1, 0.15) is 0 Å². The van der Waals surface area contributed by atoms with Gasteiger partial charge in [0.2, 0.25) is 5.95 Å². The van der Waals surface area contributed by atoms with Crippen molar-refractivity contribution in [2.24, 2.45) is 0 Å². The third-order valence-corrected chi connectivity index (χ3v) is 4.09. The summed E-state index contributed by atoms with van der Waals surface area (Å²) in [4.78, 5) is 5.30. The van der Waals surface area contributed by atoms with Crippen LogP contribution < -0.4 is 5.73 Å². The summed E-state index contributed by atoms with van der Waals surface area (Å²) in [7, 11) is 0. The number of fused-ring (bicyclic) bond motifs is 1. The Kier molecular flexibility index (Phi) is 1.93. The van der Waals surface area contributed by atoms with Crippen molar-refractivity contribution in [3.05, 3.63) is 30.3 Å². The van der Waals surface area contributed by atoms with Crippen molar-refractivity contribution in [1.29, 1.82) is 0 Å². The predicted octanol–water partition coefficient (Wildman–Crippen LogP) is 3.00. The van der Waals surface area contributed by atoms with Gasteiger partial charge in [0.25, 0.3) is 0 Å². The topological polar surface area (TPSA) is 51.8 Å². The van der Waals surface area contributed by atoms with Gasteiger partial charge in [-0.25, -0.2) is 0 Å². The third-order valence-electron chi connectivity index (χ3n) is 2.08. The summed E-state index contributed by atoms with van der Waals surface area (Å²) in [6.45, 7) is 0. The van der Waals surface area contributed by atoms with Gasteiger partial charge >= 0.3 is 0 Å². The normalized spacial score (nSPS) is 10.9. The van der Waals surface area contributed by atoms with Crippen LogP contribution in [0.3, 0.4) is 0 Å². The molecular formula is C10H7N3S2. The molecule has 0 aliphatic carbocycles. The molecule has 0 spiro atoms. The van der Waals surface area contributed by atoms with Gasteiger partial charge in [-0.3, -0.25) is 0 Å². The number of thiophene rings is 1. The Labute approximate surface area is 94.4 Å². The molecule has 1 aromatic carbocycles. The van der Waals surface area contributed by atoms with Crippen molar-refractivity contribution in [3.8, 4) is 9.88 Å². The molecule has 0 atom stereocenters. The number of benzene rings is 1. The number of rotatable bonds is 1. The monoisotopic (exact) mass is 233 g/mol. The Balaban J connectivity index is 2.19. The maximum Gasteiger partial charge on any atom is 0.232 e. The maximum absolute atomic E-state index is 5.50. The molecule has 3 aromatic rings. The van der Waals surface area contributed by atoms with Crippen LogP contribution in [-0.4, -0.2) is 9.36 Å². The minimum atomic E-state index is 0.354. The summed E-state index contributed by atoms with van der Waals surface area (Å²) >= 11 is 3.06. The van der Waals surface area contributed by atoms with Crippen molar-refractivity contribution in [2.75, 3.05) is 5.73 Å². The lowest BCUT2D eigenvalue weighted by atomic mass is 10.2. The van der Waals surface area contributed by atoms with Gasteiger partial charge in [0.05, 0.1) is 4.88 Å². The second kappa shape index (κ2) is 3.29. The summed E-state index contributed by atoms with van der Waals surface area (Å²) in [5.74, 6) is 0.354. The molecule has 0 radical (unpaired) electrons. The van der Waals surface area contributed by atoms with E-state index >= 15 is 0 Å². The van der Waals surface area contributed by atoms with Gasteiger partial charge in [0, 0.05) is 4.70 Å². The Bertz CT molecular complexity index is 579. The summed E-state index contributed by atoms with van der Waals surface area (Å²) in [5.41, 5.74) is 5.50. The van der Waals surface area contributed by atoms with Crippen LogP contribution in [0, 0.1) is 0 Å². The molecule has 3 nitrogen and oxygen atoms in total. The first-order valence-corrected chi connectivity index (χ1v) is 6.00. The minimum absolute atomic E-state index is 0.354. The average Bonchev–Trinajstić information content (AvgIpc) is 2.82. The Morgan fingerprint density at radius 2 is 2.07 bits per heavy atom. The molecule has 0 unspecified atom stereocenters. The summed E-state index contributed by atoms with van der Waals surface area (Å²) in [6, 6.07) is 10.4. The van der Waals surface area contributed by atoms with Crippen LogP contribution >= 0.6 is 22.9 Å². The highest BCUT2D eigenvalue weighted by Gasteiger charge is 2.07. The molecule has 0 aliphatic rings. The third kappa shape index (κ3) is 1.49. The van der Waals surface area contributed by atoms with Crippen LogP contribution in [-0.2, 0) is 0 Å².